The molecule has 90 valence electrons. The van der Waals surface area contributed by atoms with Crippen molar-refractivity contribution in [2.75, 3.05) is 0 Å². The minimum absolute atomic E-state index is 0.0759. The van der Waals surface area contributed by atoms with E-state index in [4.69, 9.17) is 0 Å². The van der Waals surface area contributed by atoms with Crippen LogP contribution in [-0.2, 0) is 12.1 Å². The number of aromatic amines is 1. The van der Waals surface area contributed by atoms with Gasteiger partial charge in [-0.05, 0) is 31.5 Å². The molecule has 0 atom stereocenters. The van der Waals surface area contributed by atoms with Crippen LogP contribution >= 0.6 is 15.9 Å². The minimum atomic E-state index is -0.0759. The fraction of sp³-hybridized carbons (Fsp3) is 0.308. The number of hydrogen-bond acceptors (Lipinski definition) is 2. The second kappa shape index (κ2) is 5.02. The van der Waals surface area contributed by atoms with Crippen molar-refractivity contribution in [2.45, 2.75) is 25.9 Å². The van der Waals surface area contributed by atoms with Gasteiger partial charge < -0.3 is 10.3 Å². The van der Waals surface area contributed by atoms with Crippen molar-refractivity contribution in [1.29, 1.82) is 0 Å². The summed E-state index contributed by atoms with van der Waals surface area (Å²) in [5.41, 5.74) is 1.18. The van der Waals surface area contributed by atoms with E-state index in [1.165, 1.54) is 5.56 Å². The Morgan fingerprint density at radius 2 is 2.00 bits per heavy atom. The van der Waals surface area contributed by atoms with Gasteiger partial charge in [-0.2, -0.15) is 0 Å². The summed E-state index contributed by atoms with van der Waals surface area (Å²) in [6.07, 6.45) is 3.60. The van der Waals surface area contributed by atoms with Crippen molar-refractivity contribution in [3.63, 3.8) is 0 Å². The fourth-order valence-corrected chi connectivity index (χ4v) is 1.93. The number of rotatable bonds is 4. The number of benzene rings is 1. The number of H-pyrrole nitrogens is 1. The standard InChI is InChI=1S/C13H16BrN3/c1-13(2,10-3-5-11(14)6-4-10)17-9-12-15-7-8-16-12/h3-8,17H,9H2,1-2H3,(H,15,16). The first-order valence-electron chi connectivity index (χ1n) is 5.57. The summed E-state index contributed by atoms with van der Waals surface area (Å²) in [4.78, 5) is 7.29. The van der Waals surface area contributed by atoms with Crippen LogP contribution in [0.5, 0.6) is 0 Å². The van der Waals surface area contributed by atoms with Crippen molar-refractivity contribution in [1.82, 2.24) is 15.3 Å². The lowest BCUT2D eigenvalue weighted by Crippen LogP contribution is -2.36. The normalized spacial score (nSPS) is 11.7. The van der Waals surface area contributed by atoms with Gasteiger partial charge in [0.15, 0.2) is 0 Å². The van der Waals surface area contributed by atoms with Gasteiger partial charge in [0.1, 0.15) is 5.82 Å². The Bertz CT molecular complexity index is 460. The van der Waals surface area contributed by atoms with Crippen molar-refractivity contribution in [3.8, 4) is 0 Å². The van der Waals surface area contributed by atoms with E-state index >= 15 is 0 Å². The zero-order chi connectivity index (χ0) is 12.3. The first-order valence-corrected chi connectivity index (χ1v) is 6.36. The maximum atomic E-state index is 4.20. The number of halogens is 1. The lowest BCUT2D eigenvalue weighted by molar-refractivity contribution is 0.396. The Hall–Kier alpha value is -1.13. The molecule has 2 rings (SSSR count). The second-order valence-electron chi connectivity index (χ2n) is 4.52. The molecule has 0 saturated heterocycles. The highest BCUT2D eigenvalue weighted by molar-refractivity contribution is 9.10. The number of nitrogens with one attached hydrogen (secondary N) is 2. The molecule has 2 aromatic rings. The molecule has 0 amide bonds. The molecule has 0 aliphatic heterocycles. The topological polar surface area (TPSA) is 40.7 Å². The van der Waals surface area contributed by atoms with Crippen LogP contribution in [0.15, 0.2) is 41.1 Å². The largest absolute Gasteiger partial charge is 0.348 e. The molecule has 2 N–H and O–H groups in total. The summed E-state index contributed by atoms with van der Waals surface area (Å²) < 4.78 is 1.10. The zero-order valence-electron chi connectivity index (χ0n) is 10.00. The first-order chi connectivity index (χ1) is 8.08. The van der Waals surface area contributed by atoms with Gasteiger partial charge >= 0.3 is 0 Å². The molecule has 4 heteroatoms. The molecular weight excluding hydrogens is 278 g/mol. The van der Waals surface area contributed by atoms with Crippen LogP contribution in [0.3, 0.4) is 0 Å². The maximum absolute atomic E-state index is 4.20. The van der Waals surface area contributed by atoms with Gasteiger partial charge in [-0.15, -0.1) is 0 Å². The third kappa shape index (κ3) is 3.17. The maximum Gasteiger partial charge on any atom is 0.120 e. The summed E-state index contributed by atoms with van der Waals surface area (Å²) in [6, 6.07) is 8.37. The van der Waals surface area contributed by atoms with E-state index in [0.717, 1.165) is 16.8 Å². The average Bonchev–Trinajstić information content (AvgIpc) is 2.80. The Balaban J connectivity index is 2.05. The Morgan fingerprint density at radius 3 is 2.59 bits per heavy atom. The number of hydrogen-bond donors (Lipinski definition) is 2. The van der Waals surface area contributed by atoms with E-state index < -0.39 is 0 Å². The van der Waals surface area contributed by atoms with Crippen molar-refractivity contribution >= 4 is 15.9 Å². The highest BCUT2D eigenvalue weighted by Crippen LogP contribution is 2.22. The summed E-state index contributed by atoms with van der Waals surface area (Å²) >= 11 is 3.45. The van der Waals surface area contributed by atoms with E-state index in [0.29, 0.717) is 0 Å². The highest BCUT2D eigenvalue weighted by atomic mass is 79.9. The predicted molar refractivity (Wildman–Crippen MR) is 72.6 cm³/mol. The Morgan fingerprint density at radius 1 is 1.29 bits per heavy atom. The molecule has 1 aromatic heterocycles. The molecular formula is C13H16BrN3. The molecule has 0 spiro atoms. The lowest BCUT2D eigenvalue weighted by Gasteiger charge is -2.26. The number of aromatic nitrogens is 2. The lowest BCUT2D eigenvalue weighted by atomic mass is 9.94. The third-order valence-corrected chi connectivity index (χ3v) is 3.35. The Labute approximate surface area is 110 Å². The van der Waals surface area contributed by atoms with Crippen molar-refractivity contribution < 1.29 is 0 Å². The molecule has 0 aliphatic carbocycles. The van der Waals surface area contributed by atoms with Gasteiger partial charge in [-0.1, -0.05) is 28.1 Å². The smallest absolute Gasteiger partial charge is 0.120 e. The van der Waals surface area contributed by atoms with E-state index in [9.17, 15) is 0 Å². The van der Waals surface area contributed by atoms with Gasteiger partial charge in [0.25, 0.3) is 0 Å². The van der Waals surface area contributed by atoms with Crippen LogP contribution in [0.2, 0.25) is 0 Å². The zero-order valence-corrected chi connectivity index (χ0v) is 11.6. The Kier molecular flexibility index (Phi) is 3.64. The van der Waals surface area contributed by atoms with Crippen LogP contribution < -0.4 is 5.32 Å². The van der Waals surface area contributed by atoms with Crippen LogP contribution in [0.4, 0.5) is 0 Å². The van der Waals surface area contributed by atoms with Gasteiger partial charge in [0, 0.05) is 22.4 Å². The molecule has 0 saturated carbocycles. The van der Waals surface area contributed by atoms with Gasteiger partial charge in [0.2, 0.25) is 0 Å². The van der Waals surface area contributed by atoms with Crippen molar-refractivity contribution in [2.24, 2.45) is 0 Å². The highest BCUT2D eigenvalue weighted by Gasteiger charge is 2.19. The molecule has 0 bridgehead atoms. The molecule has 1 aromatic carbocycles. The van der Waals surface area contributed by atoms with Crippen LogP contribution in [0.1, 0.15) is 25.2 Å². The molecule has 1 heterocycles. The molecule has 0 fully saturated rings. The summed E-state index contributed by atoms with van der Waals surface area (Å²) in [7, 11) is 0. The average molecular weight is 294 g/mol. The second-order valence-corrected chi connectivity index (χ2v) is 5.44. The monoisotopic (exact) mass is 293 g/mol. The summed E-state index contributed by atoms with van der Waals surface area (Å²) in [5.74, 6) is 0.954. The van der Waals surface area contributed by atoms with Gasteiger partial charge in [-0.25, -0.2) is 4.98 Å². The van der Waals surface area contributed by atoms with Gasteiger partial charge in [0.05, 0.1) is 6.54 Å². The minimum Gasteiger partial charge on any atom is -0.348 e. The third-order valence-electron chi connectivity index (χ3n) is 2.82. The van der Waals surface area contributed by atoms with E-state index in [2.05, 4.69) is 69.3 Å². The number of imidazole rings is 1. The molecule has 0 aliphatic rings. The van der Waals surface area contributed by atoms with E-state index in [1.807, 2.05) is 6.20 Å². The first kappa shape index (κ1) is 12.3. The van der Waals surface area contributed by atoms with E-state index in [1.54, 1.807) is 6.20 Å². The summed E-state index contributed by atoms with van der Waals surface area (Å²) in [5, 5.41) is 3.49. The molecule has 17 heavy (non-hydrogen) atoms. The molecule has 3 nitrogen and oxygen atoms in total. The van der Waals surface area contributed by atoms with Gasteiger partial charge in [-0.3, -0.25) is 0 Å². The summed E-state index contributed by atoms with van der Waals surface area (Å²) in [6.45, 7) is 5.06. The SMILES string of the molecule is CC(C)(NCc1ncc[nH]1)c1ccc(Br)cc1. The quantitative estimate of drug-likeness (QED) is 0.909. The predicted octanol–water partition coefficient (Wildman–Crippen LogP) is 3.20. The van der Waals surface area contributed by atoms with E-state index in [-0.39, 0.29) is 5.54 Å². The molecule has 0 radical (unpaired) electrons. The number of nitrogens with zero attached hydrogens (tertiary/aromatic N) is 1. The van der Waals surface area contributed by atoms with Crippen LogP contribution in [-0.4, -0.2) is 9.97 Å². The van der Waals surface area contributed by atoms with Crippen LogP contribution in [0.25, 0.3) is 0 Å². The molecule has 0 unspecified atom stereocenters. The van der Waals surface area contributed by atoms with Crippen molar-refractivity contribution in [3.05, 3.63) is 52.5 Å². The van der Waals surface area contributed by atoms with Crippen LogP contribution in [0, 0.1) is 0 Å². The fourth-order valence-electron chi connectivity index (χ4n) is 1.67.